The number of nitrogens with zero attached hydrogens (tertiary/aromatic N) is 1. The maximum atomic E-state index is 12.7. The number of rotatable bonds is 4. The Bertz CT molecular complexity index is 513. The summed E-state index contributed by atoms with van der Waals surface area (Å²) in [6.45, 7) is 1.62. The van der Waals surface area contributed by atoms with Gasteiger partial charge in [-0.3, -0.25) is 10.1 Å². The molecule has 1 N–H and O–H groups in total. The van der Waals surface area contributed by atoms with Crippen LogP contribution in [0.3, 0.4) is 0 Å². The third-order valence-corrected chi connectivity index (χ3v) is 2.85. The van der Waals surface area contributed by atoms with Gasteiger partial charge in [-0.05, 0) is 31.2 Å². The molecule has 1 atom stereocenters. The van der Waals surface area contributed by atoms with Crippen LogP contribution in [-0.2, 0) is 4.79 Å². The van der Waals surface area contributed by atoms with Gasteiger partial charge in [-0.1, -0.05) is 0 Å². The number of aromatic nitrogens is 1. The fourth-order valence-corrected chi connectivity index (χ4v) is 1.79. The van der Waals surface area contributed by atoms with Gasteiger partial charge in [0.25, 0.3) is 5.91 Å². The molecule has 0 fully saturated rings. The van der Waals surface area contributed by atoms with Crippen LogP contribution in [0.5, 0.6) is 5.75 Å². The molecule has 1 unspecified atom stereocenters. The molecule has 6 heteroatoms. The molecule has 0 aliphatic rings. The number of amides is 1. The molecule has 1 aromatic heterocycles. The summed E-state index contributed by atoms with van der Waals surface area (Å²) in [4.78, 5) is 15.7. The second-order valence-corrected chi connectivity index (χ2v) is 4.44. The van der Waals surface area contributed by atoms with Gasteiger partial charge in [-0.2, -0.15) is 0 Å². The van der Waals surface area contributed by atoms with Gasteiger partial charge in [0.1, 0.15) is 11.6 Å². The van der Waals surface area contributed by atoms with Gasteiger partial charge in [0, 0.05) is 11.6 Å². The second kappa shape index (κ2) is 5.59. The summed E-state index contributed by atoms with van der Waals surface area (Å²) >= 11 is 1.33. The standard InChI is InChI=1S/C12H11FN2O2S/c1-8(11(16)15-12-14-6-7-18-12)17-10-4-2-9(13)3-5-10/h2-8H,1H3,(H,14,15,16). The van der Waals surface area contributed by atoms with Gasteiger partial charge in [0.05, 0.1) is 0 Å². The number of ether oxygens (including phenoxy) is 1. The zero-order chi connectivity index (χ0) is 13.0. The monoisotopic (exact) mass is 266 g/mol. The molecular weight excluding hydrogens is 255 g/mol. The zero-order valence-corrected chi connectivity index (χ0v) is 10.4. The lowest BCUT2D eigenvalue weighted by atomic mass is 10.3. The topological polar surface area (TPSA) is 51.2 Å². The van der Waals surface area contributed by atoms with E-state index in [2.05, 4.69) is 10.3 Å². The van der Waals surface area contributed by atoms with Crippen LogP contribution in [0.25, 0.3) is 0 Å². The fraction of sp³-hybridized carbons (Fsp3) is 0.167. The lowest BCUT2D eigenvalue weighted by molar-refractivity contribution is -0.122. The summed E-state index contributed by atoms with van der Waals surface area (Å²) in [5.74, 6) is -0.199. The molecule has 94 valence electrons. The summed E-state index contributed by atoms with van der Waals surface area (Å²) in [6.07, 6.45) is 0.922. The summed E-state index contributed by atoms with van der Waals surface area (Å²) < 4.78 is 18.1. The van der Waals surface area contributed by atoms with Crippen LogP contribution in [0.2, 0.25) is 0 Å². The third kappa shape index (κ3) is 3.27. The minimum Gasteiger partial charge on any atom is -0.481 e. The molecule has 0 aliphatic carbocycles. The van der Waals surface area contributed by atoms with Gasteiger partial charge in [0.15, 0.2) is 11.2 Å². The molecule has 0 spiro atoms. The van der Waals surface area contributed by atoms with Crippen LogP contribution in [0.15, 0.2) is 35.8 Å². The first-order valence-electron chi connectivity index (χ1n) is 5.28. The second-order valence-electron chi connectivity index (χ2n) is 3.54. The summed E-state index contributed by atoms with van der Waals surface area (Å²) in [5.41, 5.74) is 0. The van der Waals surface area contributed by atoms with Crippen LogP contribution >= 0.6 is 11.3 Å². The summed E-state index contributed by atoms with van der Waals surface area (Å²) in [5, 5.41) is 4.91. The minimum atomic E-state index is -0.681. The quantitative estimate of drug-likeness (QED) is 0.925. The molecule has 4 nitrogen and oxygen atoms in total. The first-order chi connectivity index (χ1) is 8.65. The normalized spacial score (nSPS) is 11.9. The molecule has 2 rings (SSSR count). The van der Waals surface area contributed by atoms with Crippen LogP contribution in [0.1, 0.15) is 6.92 Å². The van der Waals surface area contributed by atoms with Crippen molar-refractivity contribution in [3.63, 3.8) is 0 Å². The van der Waals surface area contributed by atoms with Crippen LogP contribution in [-0.4, -0.2) is 17.0 Å². The largest absolute Gasteiger partial charge is 0.481 e. The number of hydrogen-bond acceptors (Lipinski definition) is 4. The first-order valence-corrected chi connectivity index (χ1v) is 6.15. The molecule has 1 heterocycles. The molecule has 0 aliphatic heterocycles. The molecular formula is C12H11FN2O2S. The molecule has 1 aromatic carbocycles. The van der Waals surface area contributed by atoms with Crippen molar-refractivity contribution in [1.82, 2.24) is 4.98 Å². The average molecular weight is 266 g/mol. The number of carbonyl (C=O) groups excluding carboxylic acids is 1. The van der Waals surface area contributed by atoms with Crippen molar-refractivity contribution in [1.29, 1.82) is 0 Å². The van der Waals surface area contributed by atoms with E-state index >= 15 is 0 Å². The van der Waals surface area contributed by atoms with Crippen molar-refractivity contribution in [2.24, 2.45) is 0 Å². The molecule has 0 radical (unpaired) electrons. The Kier molecular flexibility index (Phi) is 3.88. The van der Waals surface area contributed by atoms with Gasteiger partial charge < -0.3 is 4.74 Å². The Hall–Kier alpha value is -1.95. The number of anilines is 1. The number of hydrogen-bond donors (Lipinski definition) is 1. The highest BCUT2D eigenvalue weighted by molar-refractivity contribution is 7.13. The van der Waals surface area contributed by atoms with Crippen molar-refractivity contribution >= 4 is 22.4 Å². The Morgan fingerprint density at radius 2 is 2.17 bits per heavy atom. The molecule has 2 aromatic rings. The number of carbonyl (C=O) groups is 1. The average Bonchev–Trinajstić information content (AvgIpc) is 2.85. The third-order valence-electron chi connectivity index (χ3n) is 2.16. The van der Waals surface area contributed by atoms with E-state index in [0.717, 1.165) is 0 Å². The van der Waals surface area contributed by atoms with E-state index < -0.39 is 6.10 Å². The molecule has 0 saturated carbocycles. The number of halogens is 1. The predicted molar refractivity (Wildman–Crippen MR) is 67.2 cm³/mol. The predicted octanol–water partition coefficient (Wildman–Crippen LogP) is 2.69. The minimum absolute atomic E-state index is 0.297. The van der Waals surface area contributed by atoms with E-state index in [9.17, 15) is 9.18 Å². The van der Waals surface area contributed by atoms with Crippen molar-refractivity contribution in [2.45, 2.75) is 13.0 Å². The molecule has 0 saturated heterocycles. The highest BCUT2D eigenvalue weighted by Gasteiger charge is 2.15. The maximum absolute atomic E-state index is 12.7. The van der Waals surface area contributed by atoms with Crippen LogP contribution in [0, 0.1) is 5.82 Å². The lowest BCUT2D eigenvalue weighted by Crippen LogP contribution is -2.30. The van der Waals surface area contributed by atoms with E-state index in [0.29, 0.717) is 10.9 Å². The van der Waals surface area contributed by atoms with Crippen molar-refractivity contribution < 1.29 is 13.9 Å². The Balaban J connectivity index is 1.93. The zero-order valence-electron chi connectivity index (χ0n) is 9.59. The van der Waals surface area contributed by atoms with E-state index in [1.54, 1.807) is 18.5 Å². The van der Waals surface area contributed by atoms with Crippen LogP contribution in [0.4, 0.5) is 9.52 Å². The lowest BCUT2D eigenvalue weighted by Gasteiger charge is -2.13. The van der Waals surface area contributed by atoms with E-state index in [-0.39, 0.29) is 11.7 Å². The molecule has 18 heavy (non-hydrogen) atoms. The van der Waals surface area contributed by atoms with Gasteiger partial charge in [-0.15, -0.1) is 11.3 Å². The van der Waals surface area contributed by atoms with E-state index in [1.807, 2.05) is 0 Å². The van der Waals surface area contributed by atoms with Gasteiger partial charge >= 0.3 is 0 Å². The van der Waals surface area contributed by atoms with Crippen molar-refractivity contribution in [2.75, 3.05) is 5.32 Å². The Labute approximate surface area is 107 Å². The maximum Gasteiger partial charge on any atom is 0.266 e. The van der Waals surface area contributed by atoms with Crippen molar-refractivity contribution in [3.05, 3.63) is 41.7 Å². The number of nitrogens with one attached hydrogen (secondary N) is 1. The van der Waals surface area contributed by atoms with Crippen molar-refractivity contribution in [3.8, 4) is 5.75 Å². The highest BCUT2D eigenvalue weighted by Crippen LogP contribution is 2.15. The highest BCUT2D eigenvalue weighted by atomic mass is 32.1. The van der Waals surface area contributed by atoms with E-state index in [1.165, 1.54) is 35.6 Å². The molecule has 1 amide bonds. The first kappa shape index (κ1) is 12.5. The number of benzene rings is 1. The Morgan fingerprint density at radius 3 is 2.78 bits per heavy atom. The fourth-order valence-electron chi connectivity index (χ4n) is 1.26. The van der Waals surface area contributed by atoms with E-state index in [4.69, 9.17) is 4.74 Å². The number of thiazole rings is 1. The SMILES string of the molecule is CC(Oc1ccc(F)cc1)C(=O)Nc1nccs1. The Morgan fingerprint density at radius 1 is 1.44 bits per heavy atom. The molecule has 0 bridgehead atoms. The van der Waals surface area contributed by atoms with Crippen LogP contribution < -0.4 is 10.1 Å². The summed E-state index contributed by atoms with van der Waals surface area (Å²) in [7, 11) is 0. The summed E-state index contributed by atoms with van der Waals surface area (Å²) in [6, 6.07) is 5.51. The van der Waals surface area contributed by atoms with Gasteiger partial charge in [0.2, 0.25) is 0 Å². The van der Waals surface area contributed by atoms with Gasteiger partial charge in [-0.25, -0.2) is 9.37 Å². The smallest absolute Gasteiger partial charge is 0.266 e.